The number of aryl methyl sites for hydroxylation is 2. The second-order valence-electron chi connectivity index (χ2n) is 8.21. The zero-order valence-electron chi connectivity index (χ0n) is 20.9. The van der Waals surface area contributed by atoms with E-state index < -0.39 is 0 Å². The molecule has 0 radical (unpaired) electrons. The molecule has 2 heterocycles. The van der Waals surface area contributed by atoms with Crippen molar-refractivity contribution >= 4 is 5.91 Å². The molecule has 0 fully saturated rings. The number of nitrogens with zero attached hydrogens (tertiary/aromatic N) is 1. The molecule has 1 aromatic rings. The summed E-state index contributed by atoms with van der Waals surface area (Å²) in [7, 11) is 0. The minimum atomic E-state index is -0.266. The maximum absolute atomic E-state index is 13.2. The maximum atomic E-state index is 13.2. The van der Waals surface area contributed by atoms with Crippen LogP contribution in [0.1, 0.15) is 57.9 Å². The highest BCUT2D eigenvalue weighted by Crippen LogP contribution is 2.33. The number of hydrogen-bond donors (Lipinski definition) is 2. The molecule has 0 saturated heterocycles. The Labute approximate surface area is 197 Å². The Kier molecular flexibility index (Phi) is 9.23. The van der Waals surface area contributed by atoms with E-state index in [0.717, 1.165) is 34.6 Å². The largest absolute Gasteiger partial charge is 0.365 e. The molecule has 6 heteroatoms. The number of aromatic nitrogens is 1. The van der Waals surface area contributed by atoms with Gasteiger partial charge in [0, 0.05) is 35.3 Å². The first-order valence-electron chi connectivity index (χ1n) is 11.4. The molecular weight excluding hydrogens is 414 g/mol. The molecule has 0 saturated carbocycles. The van der Waals surface area contributed by atoms with Crippen molar-refractivity contribution in [2.24, 2.45) is 0 Å². The van der Waals surface area contributed by atoms with Gasteiger partial charge in [0.25, 0.3) is 11.5 Å². The molecule has 1 amide bonds. The van der Waals surface area contributed by atoms with Crippen molar-refractivity contribution in [1.82, 2.24) is 15.2 Å². The molecule has 0 aromatic carbocycles. The second-order valence-corrected chi connectivity index (χ2v) is 8.21. The standard InChI is InChI=1S/C27H37N3O3/c1-9-13-22(11-3)33-20(8)25-19(7)23(15-21(10-2)30(25)12-4)26(31)28-16-24-17(5)14-18(6)29-27(24)32/h9-10,12-15,20,22H,4,11,16H2,1-3,5-8H3,(H,28,31)(H,29,32)/b13-9-,21-10-. The molecule has 178 valence electrons. The molecule has 2 rings (SSSR count). The molecule has 0 bridgehead atoms. The highest BCUT2D eigenvalue weighted by Gasteiger charge is 2.29. The Morgan fingerprint density at radius 2 is 2.00 bits per heavy atom. The van der Waals surface area contributed by atoms with Crippen LogP contribution in [0, 0.1) is 13.8 Å². The van der Waals surface area contributed by atoms with Gasteiger partial charge >= 0.3 is 0 Å². The van der Waals surface area contributed by atoms with Crippen molar-refractivity contribution in [1.29, 1.82) is 0 Å². The van der Waals surface area contributed by atoms with Crippen molar-refractivity contribution in [3.63, 3.8) is 0 Å². The monoisotopic (exact) mass is 451 g/mol. The predicted molar refractivity (Wildman–Crippen MR) is 134 cm³/mol. The Morgan fingerprint density at radius 3 is 2.55 bits per heavy atom. The Balaban J connectivity index is 2.38. The zero-order valence-corrected chi connectivity index (χ0v) is 20.9. The van der Waals surface area contributed by atoms with Crippen molar-refractivity contribution in [2.45, 2.75) is 73.6 Å². The minimum absolute atomic E-state index is 0.0227. The summed E-state index contributed by atoms with van der Waals surface area (Å²) in [6.45, 7) is 17.7. The number of nitrogens with one attached hydrogen (secondary N) is 2. The summed E-state index contributed by atoms with van der Waals surface area (Å²) >= 11 is 0. The number of carbonyl (C=O) groups excluding carboxylic acids is 1. The molecule has 1 aliphatic rings. The molecule has 33 heavy (non-hydrogen) atoms. The van der Waals surface area contributed by atoms with Gasteiger partial charge in [0.15, 0.2) is 0 Å². The summed E-state index contributed by atoms with van der Waals surface area (Å²) in [4.78, 5) is 30.3. The van der Waals surface area contributed by atoms with Crippen molar-refractivity contribution in [2.75, 3.05) is 0 Å². The summed E-state index contributed by atoms with van der Waals surface area (Å²) in [5, 5.41) is 2.92. The summed E-state index contributed by atoms with van der Waals surface area (Å²) in [6.07, 6.45) is 10.1. The molecule has 1 aromatic heterocycles. The number of ether oxygens (including phenoxy) is 1. The normalized spacial score (nSPS) is 17.4. The van der Waals surface area contributed by atoms with Gasteiger partial charge in [-0.1, -0.05) is 31.7 Å². The molecule has 0 spiro atoms. The van der Waals surface area contributed by atoms with E-state index in [-0.39, 0.29) is 30.2 Å². The van der Waals surface area contributed by atoms with Gasteiger partial charge in [0.1, 0.15) is 0 Å². The number of allylic oxidation sites excluding steroid dienone is 3. The van der Waals surface area contributed by atoms with Gasteiger partial charge in [-0.2, -0.15) is 0 Å². The van der Waals surface area contributed by atoms with Crippen molar-refractivity contribution in [3.8, 4) is 0 Å². The van der Waals surface area contributed by atoms with E-state index in [1.54, 1.807) is 6.20 Å². The van der Waals surface area contributed by atoms with E-state index in [4.69, 9.17) is 4.74 Å². The second kappa shape index (κ2) is 11.7. The first-order valence-corrected chi connectivity index (χ1v) is 11.4. The molecule has 2 atom stereocenters. The van der Waals surface area contributed by atoms with Gasteiger partial charge in [-0.15, -0.1) is 0 Å². The van der Waals surface area contributed by atoms with Crippen molar-refractivity contribution < 1.29 is 9.53 Å². The summed E-state index contributed by atoms with van der Waals surface area (Å²) in [5.41, 5.74) is 5.10. The Morgan fingerprint density at radius 1 is 1.30 bits per heavy atom. The average molecular weight is 452 g/mol. The first-order chi connectivity index (χ1) is 15.7. The van der Waals surface area contributed by atoms with Crippen molar-refractivity contribution in [3.05, 3.63) is 92.9 Å². The number of aromatic amines is 1. The van der Waals surface area contributed by atoms with Gasteiger partial charge in [0.2, 0.25) is 0 Å². The van der Waals surface area contributed by atoms with Crippen LogP contribution in [0.25, 0.3) is 0 Å². The van der Waals surface area contributed by atoms with Crippen LogP contribution in [-0.4, -0.2) is 28.0 Å². The van der Waals surface area contributed by atoms with E-state index in [2.05, 4.69) is 23.8 Å². The number of H-pyrrole nitrogens is 1. The number of amides is 1. The van der Waals surface area contributed by atoms with Gasteiger partial charge < -0.3 is 19.9 Å². The zero-order chi connectivity index (χ0) is 24.7. The average Bonchev–Trinajstić information content (AvgIpc) is 2.77. The highest BCUT2D eigenvalue weighted by molar-refractivity contribution is 5.98. The van der Waals surface area contributed by atoms with Gasteiger partial charge in [-0.25, -0.2) is 0 Å². The van der Waals surface area contributed by atoms with Crippen LogP contribution in [-0.2, 0) is 16.1 Å². The minimum Gasteiger partial charge on any atom is -0.365 e. The van der Waals surface area contributed by atoms with Gasteiger partial charge in [0.05, 0.1) is 17.9 Å². The Hall–Kier alpha value is -3.12. The van der Waals surface area contributed by atoms with E-state index in [9.17, 15) is 9.59 Å². The quantitative estimate of drug-likeness (QED) is 0.522. The fourth-order valence-electron chi connectivity index (χ4n) is 4.13. The van der Waals surface area contributed by atoms with E-state index in [1.165, 1.54) is 0 Å². The predicted octanol–water partition coefficient (Wildman–Crippen LogP) is 4.93. The SMILES string of the molecule is C=CN1C(C(C)OC(/C=C\C)CC)=C(C)C(C(=O)NCc2c(C)cc(C)[nH]c2=O)=C/C1=C/C. The molecule has 2 N–H and O–H groups in total. The van der Waals surface area contributed by atoms with E-state index in [0.29, 0.717) is 11.1 Å². The van der Waals surface area contributed by atoms with Crippen LogP contribution in [0.15, 0.2) is 70.5 Å². The fourth-order valence-corrected chi connectivity index (χ4v) is 4.13. The number of hydrogen-bond acceptors (Lipinski definition) is 4. The van der Waals surface area contributed by atoms with Crippen LogP contribution in [0.2, 0.25) is 0 Å². The van der Waals surface area contributed by atoms with Crippen LogP contribution in [0.4, 0.5) is 0 Å². The lowest BCUT2D eigenvalue weighted by molar-refractivity contribution is -0.117. The third-order valence-electron chi connectivity index (χ3n) is 5.83. The van der Waals surface area contributed by atoms with E-state index in [1.807, 2.05) is 76.8 Å². The van der Waals surface area contributed by atoms with Crippen LogP contribution in [0.5, 0.6) is 0 Å². The molecular formula is C27H37N3O3. The highest BCUT2D eigenvalue weighted by atomic mass is 16.5. The third kappa shape index (κ3) is 6.02. The topological polar surface area (TPSA) is 74.4 Å². The summed E-state index contributed by atoms with van der Waals surface area (Å²) < 4.78 is 6.31. The third-order valence-corrected chi connectivity index (χ3v) is 5.83. The first kappa shape index (κ1) is 26.1. The van der Waals surface area contributed by atoms with Crippen LogP contribution >= 0.6 is 0 Å². The number of carbonyl (C=O) groups is 1. The fraction of sp³-hybridized carbons (Fsp3) is 0.407. The lowest BCUT2D eigenvalue weighted by Crippen LogP contribution is -2.35. The lowest BCUT2D eigenvalue weighted by atomic mass is 9.95. The number of pyridine rings is 1. The summed E-state index contributed by atoms with van der Waals surface area (Å²) in [6, 6.07) is 1.90. The Bertz CT molecular complexity index is 1070. The molecule has 2 unspecified atom stereocenters. The molecule has 6 nitrogen and oxygen atoms in total. The van der Waals surface area contributed by atoms with Gasteiger partial charge in [-0.05, 0) is 71.2 Å². The number of rotatable bonds is 9. The smallest absolute Gasteiger partial charge is 0.253 e. The van der Waals surface area contributed by atoms with E-state index >= 15 is 0 Å². The maximum Gasteiger partial charge on any atom is 0.253 e. The molecule has 0 aliphatic carbocycles. The van der Waals surface area contributed by atoms with Gasteiger partial charge in [-0.3, -0.25) is 9.59 Å². The van der Waals surface area contributed by atoms with Crippen LogP contribution < -0.4 is 10.9 Å². The summed E-state index contributed by atoms with van der Waals surface area (Å²) in [5.74, 6) is -0.236. The van der Waals surface area contributed by atoms with Crippen LogP contribution in [0.3, 0.4) is 0 Å². The lowest BCUT2D eigenvalue weighted by Gasteiger charge is -2.35. The molecule has 1 aliphatic heterocycles.